The fourth-order valence-electron chi connectivity index (χ4n) is 3.98. The predicted molar refractivity (Wildman–Crippen MR) is 129 cm³/mol. The normalized spacial score (nSPS) is 13.6. The number of pyridine rings is 1. The van der Waals surface area contributed by atoms with Crippen LogP contribution in [0.1, 0.15) is 31.2 Å². The van der Waals surface area contributed by atoms with E-state index >= 15 is 0 Å². The summed E-state index contributed by atoms with van der Waals surface area (Å²) in [5, 5.41) is 9.99. The number of hydrogen-bond donors (Lipinski definition) is 1. The molecule has 0 aliphatic carbocycles. The van der Waals surface area contributed by atoms with Crippen LogP contribution in [0.3, 0.4) is 0 Å². The number of rotatable bonds is 4. The summed E-state index contributed by atoms with van der Waals surface area (Å²) in [6.07, 6.45) is 3.31. The molecule has 0 aliphatic rings. The molecule has 0 spiro atoms. The van der Waals surface area contributed by atoms with Gasteiger partial charge in [0.15, 0.2) is 10.9 Å². The number of fused-ring (bicyclic) bond motifs is 2. The highest BCUT2D eigenvalue weighted by Crippen LogP contribution is 2.41. The first-order valence-electron chi connectivity index (χ1n) is 10.6. The van der Waals surface area contributed by atoms with Crippen LogP contribution in [0.25, 0.3) is 32.8 Å². The number of halogens is 1. The zero-order chi connectivity index (χ0) is 23.3. The van der Waals surface area contributed by atoms with Crippen LogP contribution >= 0.6 is 0 Å². The highest BCUT2D eigenvalue weighted by Gasteiger charge is 2.21. The molecule has 8 heteroatoms. The van der Waals surface area contributed by atoms with E-state index in [-0.39, 0.29) is 11.7 Å². The van der Waals surface area contributed by atoms with E-state index < -0.39 is 9.73 Å². The van der Waals surface area contributed by atoms with E-state index in [1.165, 1.54) is 12.1 Å². The molecule has 1 atom stereocenters. The fourth-order valence-corrected chi connectivity index (χ4v) is 5.15. The molecule has 33 heavy (non-hydrogen) atoms. The lowest BCUT2D eigenvalue weighted by Crippen LogP contribution is -2.01. The molecule has 6 nitrogen and oxygen atoms in total. The van der Waals surface area contributed by atoms with Gasteiger partial charge in [-0.1, -0.05) is 26.0 Å². The lowest BCUT2D eigenvalue weighted by Gasteiger charge is -2.17. The molecular weight excluding hydrogens is 439 g/mol. The third-order valence-electron chi connectivity index (χ3n) is 5.60. The monoisotopic (exact) mass is 462 g/mol. The summed E-state index contributed by atoms with van der Waals surface area (Å²) >= 11 is 0. The molecule has 168 valence electrons. The van der Waals surface area contributed by atoms with E-state index in [2.05, 4.69) is 14.6 Å². The number of aromatic nitrogens is 3. The SMILES string of the molecule is Cc1ccc(S(C)(=O)=Nc2nc(C(C)C)c(-c3ccc(F)cc3)c3cc4cn[nH]c4cc23)o1. The summed E-state index contributed by atoms with van der Waals surface area (Å²) in [7, 11) is -2.88. The maximum Gasteiger partial charge on any atom is 0.198 e. The molecule has 3 aromatic heterocycles. The summed E-state index contributed by atoms with van der Waals surface area (Å²) < 4.78 is 37.4. The van der Waals surface area contributed by atoms with Crippen LogP contribution < -0.4 is 0 Å². The highest BCUT2D eigenvalue weighted by molar-refractivity contribution is 7.92. The number of aryl methyl sites for hydroxylation is 1. The van der Waals surface area contributed by atoms with Crippen molar-refractivity contribution in [1.82, 2.24) is 15.2 Å². The first-order chi connectivity index (χ1) is 15.7. The third-order valence-corrected chi connectivity index (χ3v) is 7.09. The summed E-state index contributed by atoms with van der Waals surface area (Å²) in [6, 6.07) is 13.8. The van der Waals surface area contributed by atoms with Crippen LogP contribution in [-0.4, -0.2) is 25.6 Å². The quantitative estimate of drug-likeness (QED) is 0.321. The summed E-state index contributed by atoms with van der Waals surface area (Å²) in [6.45, 7) is 5.89. The molecule has 0 bridgehead atoms. The number of benzene rings is 2. The van der Waals surface area contributed by atoms with Crippen molar-refractivity contribution in [2.24, 2.45) is 4.36 Å². The number of hydrogen-bond acceptors (Lipinski definition) is 5. The Hall–Kier alpha value is -3.52. The molecule has 0 amide bonds. The van der Waals surface area contributed by atoms with Crippen molar-refractivity contribution < 1.29 is 13.0 Å². The Morgan fingerprint density at radius 1 is 1.09 bits per heavy atom. The molecule has 5 aromatic rings. The molecule has 5 rings (SSSR count). The van der Waals surface area contributed by atoms with Crippen molar-refractivity contribution in [3.05, 3.63) is 72.0 Å². The summed E-state index contributed by atoms with van der Waals surface area (Å²) in [5.74, 6) is 0.784. The smallest absolute Gasteiger partial charge is 0.198 e. The standard InChI is InChI=1S/C25H23FN4O2S/c1-14(2)24-23(16-6-8-18(26)9-7-16)19-11-17-13-27-29-21(17)12-20(19)25(28-24)30-33(4,31)22-10-5-15(3)32-22/h5-14H,1-4H3,(H,27,29). The second-order valence-electron chi connectivity index (χ2n) is 8.47. The summed E-state index contributed by atoms with van der Waals surface area (Å²) in [4.78, 5) is 4.89. The Kier molecular flexibility index (Phi) is 5.05. The highest BCUT2D eigenvalue weighted by atomic mass is 32.2. The molecule has 1 unspecified atom stereocenters. The van der Waals surface area contributed by atoms with Gasteiger partial charge >= 0.3 is 0 Å². The molecule has 0 saturated heterocycles. The van der Waals surface area contributed by atoms with Gasteiger partial charge in [0.05, 0.1) is 17.4 Å². The average molecular weight is 463 g/mol. The van der Waals surface area contributed by atoms with E-state index in [1.807, 2.05) is 26.0 Å². The van der Waals surface area contributed by atoms with Crippen molar-refractivity contribution in [3.8, 4) is 11.1 Å². The van der Waals surface area contributed by atoms with Crippen molar-refractivity contribution in [3.63, 3.8) is 0 Å². The number of H-pyrrole nitrogens is 1. The molecule has 0 saturated carbocycles. The van der Waals surface area contributed by atoms with Gasteiger partial charge in [-0.15, -0.1) is 0 Å². The van der Waals surface area contributed by atoms with Gasteiger partial charge in [0.2, 0.25) is 0 Å². The van der Waals surface area contributed by atoms with Gasteiger partial charge in [0.25, 0.3) is 0 Å². The molecule has 0 aliphatic heterocycles. The molecule has 0 fully saturated rings. The largest absolute Gasteiger partial charge is 0.452 e. The minimum Gasteiger partial charge on any atom is -0.452 e. The second kappa shape index (κ2) is 7.81. The van der Waals surface area contributed by atoms with Crippen LogP contribution in [0.15, 0.2) is 68.6 Å². The zero-order valence-electron chi connectivity index (χ0n) is 18.7. The van der Waals surface area contributed by atoms with Gasteiger partial charge in [-0.05, 0) is 60.2 Å². The minimum absolute atomic E-state index is 0.0437. The van der Waals surface area contributed by atoms with Gasteiger partial charge in [-0.25, -0.2) is 13.6 Å². The number of nitrogens with one attached hydrogen (secondary N) is 1. The van der Waals surface area contributed by atoms with Gasteiger partial charge in [-0.3, -0.25) is 5.10 Å². The Balaban J connectivity index is 1.90. The topological polar surface area (TPSA) is 84.1 Å². The number of aromatic amines is 1. The lowest BCUT2D eigenvalue weighted by molar-refractivity contribution is 0.440. The second-order valence-corrected chi connectivity index (χ2v) is 10.7. The van der Waals surface area contributed by atoms with Crippen LogP contribution in [0, 0.1) is 12.7 Å². The molecule has 2 aromatic carbocycles. The Bertz CT molecular complexity index is 1620. The van der Waals surface area contributed by atoms with Gasteiger partial charge < -0.3 is 4.42 Å². The first kappa shape index (κ1) is 21.3. The number of furan rings is 1. The molecular formula is C25H23FN4O2S. The van der Waals surface area contributed by atoms with E-state index in [9.17, 15) is 8.60 Å². The van der Waals surface area contributed by atoms with Crippen LogP contribution in [-0.2, 0) is 9.73 Å². The van der Waals surface area contributed by atoms with Crippen molar-refractivity contribution in [2.45, 2.75) is 31.8 Å². The zero-order valence-corrected chi connectivity index (χ0v) is 19.5. The first-order valence-corrected chi connectivity index (χ1v) is 12.5. The minimum atomic E-state index is -2.88. The summed E-state index contributed by atoms with van der Waals surface area (Å²) in [5.41, 5.74) is 3.37. The van der Waals surface area contributed by atoms with Crippen molar-refractivity contribution >= 4 is 37.2 Å². The third kappa shape index (κ3) is 3.80. The van der Waals surface area contributed by atoms with Crippen LogP contribution in [0.4, 0.5) is 10.2 Å². The van der Waals surface area contributed by atoms with E-state index in [1.54, 1.807) is 43.6 Å². The maximum atomic E-state index is 13.7. The van der Waals surface area contributed by atoms with Crippen molar-refractivity contribution in [1.29, 1.82) is 0 Å². The molecule has 0 radical (unpaired) electrons. The molecule has 1 N–H and O–H groups in total. The van der Waals surface area contributed by atoms with Gasteiger partial charge in [0.1, 0.15) is 21.3 Å². The van der Waals surface area contributed by atoms with Crippen LogP contribution in [0.5, 0.6) is 0 Å². The average Bonchev–Trinajstić information content (AvgIpc) is 3.41. The maximum absolute atomic E-state index is 13.7. The van der Waals surface area contributed by atoms with Crippen molar-refractivity contribution in [2.75, 3.05) is 6.26 Å². The van der Waals surface area contributed by atoms with Gasteiger partial charge in [0, 0.05) is 22.6 Å². The fraction of sp³-hybridized carbons (Fsp3) is 0.200. The molecule has 3 heterocycles. The Morgan fingerprint density at radius 2 is 1.85 bits per heavy atom. The number of nitrogens with zero attached hydrogens (tertiary/aromatic N) is 3. The van der Waals surface area contributed by atoms with Gasteiger partial charge in [-0.2, -0.15) is 9.46 Å². The van der Waals surface area contributed by atoms with E-state index in [0.29, 0.717) is 16.7 Å². The Morgan fingerprint density at radius 3 is 2.52 bits per heavy atom. The lowest BCUT2D eigenvalue weighted by atomic mass is 9.92. The van der Waals surface area contributed by atoms with E-state index in [0.717, 1.165) is 38.5 Å². The Labute approximate surface area is 191 Å². The van der Waals surface area contributed by atoms with Crippen LogP contribution in [0.2, 0.25) is 0 Å². The predicted octanol–water partition coefficient (Wildman–Crippen LogP) is 6.73. The van der Waals surface area contributed by atoms with E-state index in [4.69, 9.17) is 9.40 Å².